The smallest absolute Gasteiger partial charge is 0.152 e. The third kappa shape index (κ3) is 3.45. The highest BCUT2D eigenvalue weighted by Gasteiger charge is 2.05. The van der Waals surface area contributed by atoms with Gasteiger partial charge in [0.15, 0.2) is 5.78 Å². The number of aryl methyl sites for hydroxylation is 2. The molecule has 0 fully saturated rings. The Bertz CT molecular complexity index is 505. The number of nitrogens with zero attached hydrogens (tertiary/aromatic N) is 2. The van der Waals surface area contributed by atoms with Crippen LogP contribution >= 0.6 is 0 Å². The van der Waals surface area contributed by atoms with E-state index in [4.69, 9.17) is 0 Å². The molecule has 0 radical (unpaired) electrons. The third-order valence-electron chi connectivity index (χ3n) is 2.81. The van der Waals surface area contributed by atoms with Crippen molar-refractivity contribution in [2.24, 2.45) is 7.05 Å². The number of carbonyl (C=O) groups excluding carboxylic acids is 1. The quantitative estimate of drug-likeness (QED) is 0.844. The maximum Gasteiger partial charge on any atom is 0.152 e. The molecule has 94 valence electrons. The Morgan fingerprint density at radius 2 is 2.11 bits per heavy atom. The number of hydrogen-bond donors (Lipinski definition) is 1. The zero-order chi connectivity index (χ0) is 12.8. The number of Topliss-reactive ketones (excluding diaryl/α,β-unsaturated/α-hetero) is 1. The molecule has 0 amide bonds. The van der Waals surface area contributed by atoms with E-state index in [2.05, 4.69) is 10.3 Å². The van der Waals surface area contributed by atoms with Gasteiger partial charge in [0.2, 0.25) is 0 Å². The van der Waals surface area contributed by atoms with Crippen LogP contribution in [-0.2, 0) is 18.3 Å². The van der Waals surface area contributed by atoms with Gasteiger partial charge < -0.3 is 9.88 Å². The van der Waals surface area contributed by atoms with Crippen molar-refractivity contribution in [3.63, 3.8) is 0 Å². The molecule has 1 heterocycles. The molecule has 0 saturated carbocycles. The summed E-state index contributed by atoms with van der Waals surface area (Å²) in [6, 6.07) is 9.74. The van der Waals surface area contributed by atoms with Gasteiger partial charge in [-0.2, -0.15) is 0 Å². The van der Waals surface area contributed by atoms with Crippen molar-refractivity contribution in [2.75, 3.05) is 11.9 Å². The van der Waals surface area contributed by atoms with Gasteiger partial charge in [0.25, 0.3) is 0 Å². The van der Waals surface area contributed by atoms with Crippen LogP contribution in [0.15, 0.2) is 42.7 Å². The topological polar surface area (TPSA) is 46.9 Å². The summed E-state index contributed by atoms with van der Waals surface area (Å²) < 4.78 is 1.94. The maximum absolute atomic E-state index is 11.7. The first kappa shape index (κ1) is 12.4. The molecule has 1 N–H and O–H groups in total. The Hall–Kier alpha value is -2.10. The molecule has 1 aromatic carbocycles. The minimum atomic E-state index is 0.196. The summed E-state index contributed by atoms with van der Waals surface area (Å²) in [4.78, 5) is 15.9. The number of benzene rings is 1. The lowest BCUT2D eigenvalue weighted by atomic mass is 10.2. The molecule has 2 aromatic rings. The van der Waals surface area contributed by atoms with Gasteiger partial charge in [0.1, 0.15) is 5.82 Å². The van der Waals surface area contributed by atoms with Gasteiger partial charge in [-0.05, 0) is 12.1 Å². The summed E-state index contributed by atoms with van der Waals surface area (Å²) in [7, 11) is 1.94. The average molecular weight is 243 g/mol. The lowest BCUT2D eigenvalue weighted by Gasteiger charge is -2.05. The predicted octanol–water partition coefficient (Wildman–Crippen LogP) is 2.03. The highest BCUT2D eigenvalue weighted by Crippen LogP contribution is 2.05. The van der Waals surface area contributed by atoms with Crippen molar-refractivity contribution in [1.82, 2.24) is 9.55 Å². The number of anilines is 1. The van der Waals surface area contributed by atoms with Crippen LogP contribution in [0.4, 0.5) is 5.69 Å². The van der Waals surface area contributed by atoms with Gasteiger partial charge in [-0.1, -0.05) is 18.2 Å². The Morgan fingerprint density at radius 1 is 1.33 bits per heavy atom. The molecule has 0 unspecified atom stereocenters. The van der Waals surface area contributed by atoms with Crippen molar-refractivity contribution >= 4 is 11.5 Å². The summed E-state index contributed by atoms with van der Waals surface area (Å²) >= 11 is 0. The Kier molecular flexibility index (Phi) is 4.12. The number of hydrogen-bond acceptors (Lipinski definition) is 3. The molecule has 2 rings (SSSR count). The second-order valence-corrected chi connectivity index (χ2v) is 4.21. The van der Waals surface area contributed by atoms with E-state index >= 15 is 0 Å². The highest BCUT2D eigenvalue weighted by molar-refractivity contribution is 5.82. The Morgan fingerprint density at radius 3 is 2.78 bits per heavy atom. The van der Waals surface area contributed by atoms with Gasteiger partial charge in [-0.25, -0.2) is 4.98 Å². The fraction of sp³-hybridized carbons (Fsp3) is 0.286. The zero-order valence-electron chi connectivity index (χ0n) is 10.5. The van der Waals surface area contributed by atoms with Gasteiger partial charge in [0, 0.05) is 38.0 Å². The van der Waals surface area contributed by atoms with Gasteiger partial charge >= 0.3 is 0 Å². The molecule has 4 nitrogen and oxygen atoms in total. The third-order valence-corrected chi connectivity index (χ3v) is 2.81. The van der Waals surface area contributed by atoms with E-state index in [-0.39, 0.29) is 5.78 Å². The Labute approximate surface area is 107 Å². The van der Waals surface area contributed by atoms with Crippen LogP contribution < -0.4 is 5.32 Å². The van der Waals surface area contributed by atoms with Crippen LogP contribution in [-0.4, -0.2) is 21.9 Å². The number of carbonyl (C=O) groups is 1. The lowest BCUT2D eigenvalue weighted by molar-refractivity contribution is -0.117. The minimum Gasteiger partial charge on any atom is -0.378 e. The van der Waals surface area contributed by atoms with Crippen LogP contribution in [0.2, 0.25) is 0 Å². The first-order valence-electron chi connectivity index (χ1n) is 6.02. The van der Waals surface area contributed by atoms with E-state index in [1.54, 1.807) is 6.20 Å². The monoisotopic (exact) mass is 243 g/mol. The fourth-order valence-electron chi connectivity index (χ4n) is 1.73. The Balaban J connectivity index is 1.75. The van der Waals surface area contributed by atoms with Gasteiger partial charge in [0.05, 0.1) is 6.54 Å². The largest absolute Gasteiger partial charge is 0.378 e. The number of ketones is 1. The van der Waals surface area contributed by atoms with Crippen LogP contribution in [0.1, 0.15) is 12.2 Å². The molecule has 0 saturated heterocycles. The molecular weight excluding hydrogens is 226 g/mol. The van der Waals surface area contributed by atoms with Crippen LogP contribution in [0.25, 0.3) is 0 Å². The van der Waals surface area contributed by atoms with Crippen molar-refractivity contribution in [3.8, 4) is 0 Å². The number of aromatic nitrogens is 2. The molecule has 0 aliphatic carbocycles. The van der Waals surface area contributed by atoms with Crippen LogP contribution in [0.5, 0.6) is 0 Å². The second kappa shape index (κ2) is 6.00. The molecule has 1 aromatic heterocycles. The van der Waals surface area contributed by atoms with E-state index < -0.39 is 0 Å². The summed E-state index contributed by atoms with van der Waals surface area (Å²) in [5.74, 6) is 1.14. The first-order valence-corrected chi connectivity index (χ1v) is 6.02. The minimum absolute atomic E-state index is 0.196. The normalized spacial score (nSPS) is 10.3. The van der Waals surface area contributed by atoms with E-state index in [0.717, 1.165) is 11.5 Å². The van der Waals surface area contributed by atoms with Crippen molar-refractivity contribution in [3.05, 3.63) is 48.5 Å². The number of imidazole rings is 1. The second-order valence-electron chi connectivity index (χ2n) is 4.21. The predicted molar refractivity (Wildman–Crippen MR) is 71.5 cm³/mol. The standard InChI is InChI=1S/C14H17N3O/c1-17-10-9-15-14(17)8-7-13(18)11-16-12-5-3-2-4-6-12/h2-6,9-10,16H,7-8,11H2,1H3. The molecule has 4 heteroatoms. The molecule has 0 aliphatic rings. The first-order chi connectivity index (χ1) is 8.75. The summed E-state index contributed by atoms with van der Waals surface area (Å²) in [6.07, 6.45) is 4.85. The molecule has 18 heavy (non-hydrogen) atoms. The lowest BCUT2D eigenvalue weighted by Crippen LogP contribution is -2.15. The number of rotatable bonds is 6. The molecule has 0 spiro atoms. The summed E-state index contributed by atoms with van der Waals surface area (Å²) in [5, 5.41) is 3.11. The molecular formula is C14H17N3O. The van der Waals surface area contributed by atoms with E-state index in [1.165, 1.54) is 0 Å². The SMILES string of the molecule is Cn1ccnc1CCC(=O)CNc1ccccc1. The average Bonchev–Trinajstić information content (AvgIpc) is 2.81. The van der Waals surface area contributed by atoms with Crippen LogP contribution in [0, 0.1) is 0 Å². The van der Waals surface area contributed by atoms with Crippen molar-refractivity contribution < 1.29 is 4.79 Å². The van der Waals surface area contributed by atoms with E-state index in [9.17, 15) is 4.79 Å². The fourth-order valence-corrected chi connectivity index (χ4v) is 1.73. The van der Waals surface area contributed by atoms with Crippen molar-refractivity contribution in [2.45, 2.75) is 12.8 Å². The number of para-hydroxylation sites is 1. The van der Waals surface area contributed by atoms with E-state index in [0.29, 0.717) is 19.4 Å². The van der Waals surface area contributed by atoms with E-state index in [1.807, 2.05) is 48.1 Å². The maximum atomic E-state index is 11.7. The summed E-state index contributed by atoms with van der Waals surface area (Å²) in [6.45, 7) is 0.369. The summed E-state index contributed by atoms with van der Waals surface area (Å²) in [5.41, 5.74) is 0.975. The van der Waals surface area contributed by atoms with Gasteiger partial charge in [-0.3, -0.25) is 4.79 Å². The van der Waals surface area contributed by atoms with Gasteiger partial charge in [-0.15, -0.1) is 0 Å². The molecule has 0 bridgehead atoms. The highest BCUT2D eigenvalue weighted by atomic mass is 16.1. The zero-order valence-corrected chi connectivity index (χ0v) is 10.5. The number of nitrogens with one attached hydrogen (secondary N) is 1. The van der Waals surface area contributed by atoms with Crippen molar-refractivity contribution in [1.29, 1.82) is 0 Å². The van der Waals surface area contributed by atoms with Crippen LogP contribution in [0.3, 0.4) is 0 Å². The molecule has 0 aliphatic heterocycles. The molecule has 0 atom stereocenters.